The van der Waals surface area contributed by atoms with Gasteiger partial charge in [0.2, 0.25) is 10.0 Å². The average molecular weight is 281 g/mol. The Bertz CT molecular complexity index is 409. The van der Waals surface area contributed by atoms with Gasteiger partial charge in [-0.3, -0.25) is 9.59 Å². The van der Waals surface area contributed by atoms with E-state index < -0.39 is 39.8 Å². The van der Waals surface area contributed by atoms with Crippen molar-refractivity contribution in [2.24, 2.45) is 0 Å². The maximum atomic E-state index is 12.0. The Morgan fingerprint density at radius 1 is 1.28 bits per heavy atom. The van der Waals surface area contributed by atoms with Gasteiger partial charge in [0.05, 0.1) is 6.61 Å². The molecule has 0 radical (unpaired) electrons. The highest BCUT2D eigenvalue weighted by Crippen LogP contribution is 2.18. The minimum atomic E-state index is -4.02. The molecule has 0 aromatic rings. The predicted octanol–water partition coefficient (Wildman–Crippen LogP) is 0.0644. The lowest BCUT2D eigenvalue weighted by atomic mass is 10.1. The molecule has 0 atom stereocenters. The van der Waals surface area contributed by atoms with Crippen molar-refractivity contribution in [3.63, 3.8) is 0 Å². The molecular formula is C10H19NO6S. The Morgan fingerprint density at radius 2 is 1.78 bits per heavy atom. The Morgan fingerprint density at radius 3 is 2.11 bits per heavy atom. The summed E-state index contributed by atoms with van der Waals surface area (Å²) in [5, 5.41) is 8.73. The first-order chi connectivity index (χ1) is 8.00. The van der Waals surface area contributed by atoms with E-state index in [9.17, 15) is 18.0 Å². The molecule has 7 nitrogen and oxygen atoms in total. The summed E-state index contributed by atoms with van der Waals surface area (Å²) in [6, 6.07) is 0. The quantitative estimate of drug-likeness (QED) is 0.691. The summed E-state index contributed by atoms with van der Waals surface area (Å²) in [7, 11) is -4.02. The molecular weight excluding hydrogens is 262 g/mol. The maximum Gasteiger partial charge on any atom is 0.322 e. The summed E-state index contributed by atoms with van der Waals surface area (Å²) in [6.07, 6.45) is 0. The van der Waals surface area contributed by atoms with Gasteiger partial charge in [0.15, 0.2) is 5.75 Å². The van der Waals surface area contributed by atoms with Crippen molar-refractivity contribution >= 4 is 22.0 Å². The summed E-state index contributed by atoms with van der Waals surface area (Å²) in [5.74, 6) is -3.03. The van der Waals surface area contributed by atoms with Gasteiger partial charge in [-0.05, 0) is 27.7 Å². The third kappa shape index (κ3) is 5.46. The molecule has 0 heterocycles. The number of esters is 1. The molecule has 0 spiro atoms. The highest BCUT2D eigenvalue weighted by Gasteiger charge is 2.36. The zero-order chi connectivity index (χ0) is 14.6. The molecule has 0 fully saturated rings. The van der Waals surface area contributed by atoms with Gasteiger partial charge in [-0.15, -0.1) is 0 Å². The van der Waals surface area contributed by atoms with E-state index in [2.05, 4.69) is 4.74 Å². The van der Waals surface area contributed by atoms with E-state index in [0.29, 0.717) is 0 Å². The van der Waals surface area contributed by atoms with Crippen LogP contribution >= 0.6 is 0 Å². The van der Waals surface area contributed by atoms with Gasteiger partial charge in [-0.1, -0.05) is 0 Å². The topological polar surface area (TPSA) is 101 Å². The maximum absolute atomic E-state index is 12.0. The van der Waals surface area contributed by atoms with Crippen molar-refractivity contribution in [2.75, 3.05) is 18.9 Å². The first-order valence-corrected chi connectivity index (χ1v) is 6.99. The molecule has 1 N–H and O–H groups in total. The van der Waals surface area contributed by atoms with Gasteiger partial charge in [0.1, 0.15) is 6.54 Å². The number of aliphatic carboxylic acids is 1. The first kappa shape index (κ1) is 16.9. The first-order valence-electron chi connectivity index (χ1n) is 5.38. The molecule has 0 aromatic carbocycles. The van der Waals surface area contributed by atoms with E-state index in [1.54, 1.807) is 27.7 Å². The monoisotopic (exact) mass is 281 g/mol. The minimum absolute atomic E-state index is 0.0722. The fourth-order valence-corrected chi connectivity index (χ4v) is 2.98. The van der Waals surface area contributed by atoms with Gasteiger partial charge in [0.25, 0.3) is 0 Å². The molecule has 0 aliphatic carbocycles. The molecule has 0 saturated carbocycles. The SMILES string of the molecule is CCOC(=O)CS(=O)(=O)N(CC(=O)O)C(C)(C)C. The van der Waals surface area contributed by atoms with Crippen molar-refractivity contribution in [3.05, 3.63) is 0 Å². The van der Waals surface area contributed by atoms with E-state index >= 15 is 0 Å². The van der Waals surface area contributed by atoms with Crippen LogP contribution in [0.4, 0.5) is 0 Å². The standard InChI is InChI=1S/C10H19NO6S/c1-5-17-9(14)7-18(15,16)11(6-8(12)13)10(2,3)4/h5-7H2,1-4H3,(H,12,13). The van der Waals surface area contributed by atoms with Crippen LogP contribution in [0.25, 0.3) is 0 Å². The van der Waals surface area contributed by atoms with Crippen molar-refractivity contribution in [3.8, 4) is 0 Å². The Kier molecular flexibility index (Phi) is 5.75. The number of hydrogen-bond acceptors (Lipinski definition) is 5. The molecule has 0 aromatic heterocycles. The van der Waals surface area contributed by atoms with E-state index in [1.165, 1.54) is 0 Å². The fraction of sp³-hybridized carbons (Fsp3) is 0.800. The number of hydrogen-bond donors (Lipinski definition) is 1. The van der Waals surface area contributed by atoms with Gasteiger partial charge in [-0.25, -0.2) is 8.42 Å². The summed E-state index contributed by atoms with van der Waals surface area (Å²) in [4.78, 5) is 21.9. The third-order valence-corrected chi connectivity index (χ3v) is 3.92. The third-order valence-electron chi connectivity index (χ3n) is 1.97. The van der Waals surface area contributed by atoms with Crippen molar-refractivity contribution in [2.45, 2.75) is 33.2 Å². The number of carbonyl (C=O) groups is 2. The smallest absolute Gasteiger partial charge is 0.322 e. The molecule has 0 aliphatic heterocycles. The van der Waals surface area contributed by atoms with Crippen LogP contribution in [-0.4, -0.2) is 54.2 Å². The van der Waals surface area contributed by atoms with Crippen LogP contribution in [0.2, 0.25) is 0 Å². The number of carbonyl (C=O) groups excluding carboxylic acids is 1. The predicted molar refractivity (Wildman–Crippen MR) is 64.5 cm³/mol. The van der Waals surface area contributed by atoms with E-state index in [4.69, 9.17) is 5.11 Å². The second-order valence-corrected chi connectivity index (χ2v) is 6.53. The Hall–Kier alpha value is -1.15. The molecule has 0 unspecified atom stereocenters. The summed E-state index contributed by atoms with van der Waals surface area (Å²) in [5.41, 5.74) is -0.927. The molecule has 0 rings (SSSR count). The largest absolute Gasteiger partial charge is 0.480 e. The minimum Gasteiger partial charge on any atom is -0.480 e. The molecule has 0 saturated heterocycles. The lowest BCUT2D eigenvalue weighted by Crippen LogP contribution is -2.50. The van der Waals surface area contributed by atoms with Crippen molar-refractivity contribution in [1.82, 2.24) is 4.31 Å². The van der Waals surface area contributed by atoms with Crippen LogP contribution in [0.1, 0.15) is 27.7 Å². The zero-order valence-corrected chi connectivity index (χ0v) is 11.8. The summed E-state index contributed by atoms with van der Waals surface area (Å²) in [6.45, 7) is 5.60. The zero-order valence-electron chi connectivity index (χ0n) is 11.0. The second-order valence-electron chi connectivity index (χ2n) is 4.63. The lowest BCUT2D eigenvalue weighted by Gasteiger charge is -2.32. The van der Waals surface area contributed by atoms with E-state index in [0.717, 1.165) is 4.31 Å². The van der Waals surface area contributed by atoms with Crippen LogP contribution in [-0.2, 0) is 24.3 Å². The summed E-state index contributed by atoms with van der Waals surface area (Å²) < 4.78 is 29.3. The number of sulfonamides is 1. The van der Waals surface area contributed by atoms with E-state index in [1.807, 2.05) is 0 Å². The molecule has 106 valence electrons. The van der Waals surface area contributed by atoms with Crippen LogP contribution in [0.15, 0.2) is 0 Å². The van der Waals surface area contributed by atoms with Crippen LogP contribution in [0.5, 0.6) is 0 Å². The summed E-state index contributed by atoms with van der Waals surface area (Å²) >= 11 is 0. The number of ether oxygens (including phenoxy) is 1. The Labute approximate surface area is 107 Å². The number of nitrogens with zero attached hydrogens (tertiary/aromatic N) is 1. The van der Waals surface area contributed by atoms with Crippen LogP contribution in [0, 0.1) is 0 Å². The lowest BCUT2D eigenvalue weighted by molar-refractivity contribution is -0.141. The van der Waals surface area contributed by atoms with Gasteiger partial charge >= 0.3 is 11.9 Å². The fourth-order valence-electron chi connectivity index (χ4n) is 1.31. The van der Waals surface area contributed by atoms with Crippen LogP contribution < -0.4 is 0 Å². The number of rotatable bonds is 6. The van der Waals surface area contributed by atoms with Gasteiger partial charge in [0, 0.05) is 5.54 Å². The molecule has 18 heavy (non-hydrogen) atoms. The van der Waals surface area contributed by atoms with Crippen molar-refractivity contribution < 1.29 is 27.9 Å². The molecule has 0 bridgehead atoms. The van der Waals surface area contributed by atoms with E-state index in [-0.39, 0.29) is 6.61 Å². The normalized spacial score (nSPS) is 12.5. The van der Waals surface area contributed by atoms with Gasteiger partial charge in [-0.2, -0.15) is 4.31 Å². The van der Waals surface area contributed by atoms with Crippen molar-refractivity contribution in [1.29, 1.82) is 0 Å². The number of carboxylic acid groups (broad SMARTS) is 1. The molecule has 0 aliphatic rings. The number of carboxylic acids is 1. The highest BCUT2D eigenvalue weighted by atomic mass is 32.2. The molecule has 8 heteroatoms. The Balaban J connectivity index is 5.10. The second kappa shape index (κ2) is 6.14. The van der Waals surface area contributed by atoms with Gasteiger partial charge < -0.3 is 9.84 Å². The average Bonchev–Trinajstić information content (AvgIpc) is 2.11. The molecule has 0 amide bonds. The van der Waals surface area contributed by atoms with Crippen LogP contribution in [0.3, 0.4) is 0 Å². The highest BCUT2D eigenvalue weighted by molar-refractivity contribution is 7.89.